The standard InChI is InChI=1S/C20H16ClNO5/c1-2-10-26-19(24)12-6-8-13(9-7-12)22-11-15-17(23)14-4-3-5-16(21)18(14)27-20(15)25/h3-9,11,23H,2,10H2,1H3. The van der Waals surface area contributed by atoms with Gasteiger partial charge in [0.25, 0.3) is 0 Å². The highest BCUT2D eigenvalue weighted by Gasteiger charge is 2.14. The van der Waals surface area contributed by atoms with Crippen molar-refractivity contribution in [1.82, 2.24) is 0 Å². The van der Waals surface area contributed by atoms with Crippen LogP contribution in [0.1, 0.15) is 29.3 Å². The van der Waals surface area contributed by atoms with Crippen LogP contribution in [0.25, 0.3) is 11.0 Å². The zero-order valence-corrected chi connectivity index (χ0v) is 15.2. The van der Waals surface area contributed by atoms with Gasteiger partial charge in [0.2, 0.25) is 0 Å². The number of ether oxygens (including phenoxy) is 1. The van der Waals surface area contributed by atoms with E-state index in [1.807, 2.05) is 6.92 Å². The molecule has 3 rings (SSSR count). The molecule has 0 aliphatic heterocycles. The minimum absolute atomic E-state index is 0.0869. The summed E-state index contributed by atoms with van der Waals surface area (Å²) in [5.74, 6) is -0.663. The highest BCUT2D eigenvalue weighted by atomic mass is 35.5. The van der Waals surface area contributed by atoms with Gasteiger partial charge < -0.3 is 14.3 Å². The average Bonchev–Trinajstić information content (AvgIpc) is 2.67. The Hall–Kier alpha value is -3.12. The molecular weight excluding hydrogens is 370 g/mol. The number of aromatic hydroxyl groups is 1. The number of hydrogen-bond donors (Lipinski definition) is 1. The van der Waals surface area contributed by atoms with Gasteiger partial charge in [0.15, 0.2) is 5.58 Å². The van der Waals surface area contributed by atoms with Crippen molar-refractivity contribution >= 4 is 40.4 Å². The zero-order chi connectivity index (χ0) is 19.4. The Bertz CT molecular complexity index is 1070. The normalized spacial score (nSPS) is 11.2. The van der Waals surface area contributed by atoms with Crippen LogP contribution in [0.15, 0.2) is 56.7 Å². The molecular formula is C20H16ClNO5. The van der Waals surface area contributed by atoms with Crippen molar-refractivity contribution in [3.63, 3.8) is 0 Å². The first-order valence-electron chi connectivity index (χ1n) is 8.26. The monoisotopic (exact) mass is 385 g/mol. The molecule has 1 heterocycles. The SMILES string of the molecule is CCCOC(=O)c1ccc(N=Cc2c(O)c3cccc(Cl)c3oc2=O)cc1. The van der Waals surface area contributed by atoms with Crippen LogP contribution in [0, 0.1) is 0 Å². The number of benzene rings is 2. The van der Waals surface area contributed by atoms with Crippen LogP contribution in [0.4, 0.5) is 5.69 Å². The topological polar surface area (TPSA) is 89.1 Å². The molecule has 0 radical (unpaired) electrons. The van der Waals surface area contributed by atoms with E-state index in [1.54, 1.807) is 42.5 Å². The molecule has 0 saturated carbocycles. The van der Waals surface area contributed by atoms with Gasteiger partial charge in [-0.1, -0.05) is 24.6 Å². The molecule has 27 heavy (non-hydrogen) atoms. The number of carbonyl (C=O) groups is 1. The highest BCUT2D eigenvalue weighted by Crippen LogP contribution is 2.30. The summed E-state index contributed by atoms with van der Waals surface area (Å²) in [6.07, 6.45) is 1.96. The number of para-hydroxylation sites is 1. The molecule has 0 aliphatic carbocycles. The molecule has 2 aromatic carbocycles. The molecule has 0 aliphatic rings. The van der Waals surface area contributed by atoms with E-state index >= 15 is 0 Å². The summed E-state index contributed by atoms with van der Waals surface area (Å²) in [5.41, 5.74) is 0.179. The fourth-order valence-electron chi connectivity index (χ4n) is 2.40. The van der Waals surface area contributed by atoms with Crippen LogP contribution in [0.5, 0.6) is 5.75 Å². The highest BCUT2D eigenvalue weighted by molar-refractivity contribution is 6.35. The molecule has 0 amide bonds. The number of hydrogen-bond acceptors (Lipinski definition) is 6. The summed E-state index contributed by atoms with van der Waals surface area (Å²) >= 11 is 5.98. The van der Waals surface area contributed by atoms with Crippen molar-refractivity contribution in [3.8, 4) is 5.75 Å². The second kappa shape index (κ2) is 8.05. The van der Waals surface area contributed by atoms with E-state index in [9.17, 15) is 14.7 Å². The second-order valence-electron chi connectivity index (χ2n) is 5.71. The first-order valence-corrected chi connectivity index (χ1v) is 8.64. The molecule has 1 N–H and O–H groups in total. The van der Waals surface area contributed by atoms with Gasteiger partial charge in [0.05, 0.1) is 28.3 Å². The zero-order valence-electron chi connectivity index (χ0n) is 14.4. The van der Waals surface area contributed by atoms with E-state index in [0.717, 1.165) is 6.42 Å². The summed E-state index contributed by atoms with van der Waals surface area (Å²) in [7, 11) is 0. The van der Waals surface area contributed by atoms with Crippen LogP contribution in [-0.4, -0.2) is 23.9 Å². The summed E-state index contributed by atoms with van der Waals surface area (Å²) < 4.78 is 10.2. The van der Waals surface area contributed by atoms with Gasteiger partial charge >= 0.3 is 11.6 Å². The third kappa shape index (κ3) is 4.01. The number of carbonyl (C=O) groups excluding carboxylic acids is 1. The third-order valence-corrected chi connectivity index (χ3v) is 4.07. The molecule has 138 valence electrons. The molecule has 0 spiro atoms. The van der Waals surface area contributed by atoms with Gasteiger partial charge in [0.1, 0.15) is 11.3 Å². The quantitative estimate of drug-likeness (QED) is 0.397. The van der Waals surface area contributed by atoms with Crippen molar-refractivity contribution in [3.05, 3.63) is 69.0 Å². The molecule has 0 saturated heterocycles. The van der Waals surface area contributed by atoms with Crippen LogP contribution in [0.3, 0.4) is 0 Å². The number of aliphatic imine (C=N–C) groups is 1. The molecule has 0 atom stereocenters. The first-order chi connectivity index (χ1) is 13.0. The number of rotatable bonds is 5. The molecule has 0 unspecified atom stereocenters. The van der Waals surface area contributed by atoms with Crippen LogP contribution < -0.4 is 5.63 Å². The maximum absolute atomic E-state index is 12.1. The number of fused-ring (bicyclic) bond motifs is 1. The predicted molar refractivity (Wildman–Crippen MR) is 103 cm³/mol. The lowest BCUT2D eigenvalue weighted by Crippen LogP contribution is -2.07. The summed E-state index contributed by atoms with van der Waals surface area (Å²) in [4.78, 5) is 28.1. The van der Waals surface area contributed by atoms with Crippen LogP contribution in [0.2, 0.25) is 5.02 Å². The Morgan fingerprint density at radius 3 is 2.70 bits per heavy atom. The number of esters is 1. The van der Waals surface area contributed by atoms with Crippen LogP contribution >= 0.6 is 11.6 Å². The maximum atomic E-state index is 12.1. The fraction of sp³-hybridized carbons (Fsp3) is 0.150. The Kier molecular flexibility index (Phi) is 5.57. The van der Waals surface area contributed by atoms with E-state index in [1.165, 1.54) is 6.21 Å². The summed E-state index contributed by atoms with van der Waals surface area (Å²) in [5, 5.41) is 10.9. The third-order valence-electron chi connectivity index (χ3n) is 3.77. The lowest BCUT2D eigenvalue weighted by Gasteiger charge is -2.04. The number of halogens is 1. The van der Waals surface area contributed by atoms with Crippen molar-refractivity contribution in [1.29, 1.82) is 0 Å². The minimum atomic E-state index is -0.753. The lowest BCUT2D eigenvalue weighted by molar-refractivity contribution is 0.0505. The summed E-state index contributed by atoms with van der Waals surface area (Å²) in [6.45, 7) is 2.28. The smallest absolute Gasteiger partial charge is 0.349 e. The predicted octanol–water partition coefficient (Wildman–Crippen LogP) is 4.47. The lowest BCUT2D eigenvalue weighted by atomic mass is 10.1. The largest absolute Gasteiger partial charge is 0.506 e. The van der Waals surface area contributed by atoms with E-state index in [0.29, 0.717) is 23.2 Å². The Morgan fingerprint density at radius 1 is 1.26 bits per heavy atom. The van der Waals surface area contributed by atoms with Crippen molar-refractivity contribution in [2.45, 2.75) is 13.3 Å². The Balaban J connectivity index is 1.88. The van der Waals surface area contributed by atoms with Gasteiger partial charge in [-0.25, -0.2) is 9.59 Å². The van der Waals surface area contributed by atoms with Gasteiger partial charge in [-0.05, 0) is 42.8 Å². The minimum Gasteiger partial charge on any atom is -0.506 e. The first kappa shape index (κ1) is 18.7. The second-order valence-corrected chi connectivity index (χ2v) is 6.12. The van der Waals surface area contributed by atoms with Crippen molar-refractivity contribution in [2.75, 3.05) is 6.61 Å². The Labute approximate surface area is 159 Å². The molecule has 0 bridgehead atoms. The van der Waals surface area contributed by atoms with Crippen molar-refractivity contribution < 1.29 is 19.1 Å². The molecule has 6 nitrogen and oxygen atoms in total. The van der Waals surface area contributed by atoms with Gasteiger partial charge in [-0.3, -0.25) is 4.99 Å². The fourth-order valence-corrected chi connectivity index (χ4v) is 2.62. The van der Waals surface area contributed by atoms with Crippen molar-refractivity contribution in [2.24, 2.45) is 4.99 Å². The van der Waals surface area contributed by atoms with E-state index in [4.69, 9.17) is 20.8 Å². The van der Waals surface area contributed by atoms with Gasteiger partial charge in [-0.15, -0.1) is 0 Å². The Morgan fingerprint density at radius 2 is 2.00 bits per heavy atom. The van der Waals surface area contributed by atoms with E-state index in [2.05, 4.69) is 4.99 Å². The van der Waals surface area contributed by atoms with E-state index < -0.39 is 11.6 Å². The molecule has 3 aromatic rings. The number of nitrogens with zero attached hydrogens (tertiary/aromatic N) is 1. The maximum Gasteiger partial charge on any atom is 0.349 e. The molecule has 7 heteroatoms. The average molecular weight is 386 g/mol. The van der Waals surface area contributed by atoms with Crippen LogP contribution in [-0.2, 0) is 4.74 Å². The summed E-state index contributed by atoms with van der Waals surface area (Å²) in [6, 6.07) is 11.2. The van der Waals surface area contributed by atoms with Gasteiger partial charge in [-0.2, -0.15) is 0 Å². The molecule has 1 aromatic heterocycles. The van der Waals surface area contributed by atoms with E-state index in [-0.39, 0.29) is 21.9 Å². The molecule has 0 fully saturated rings. The van der Waals surface area contributed by atoms with Gasteiger partial charge in [0, 0.05) is 6.21 Å².